The lowest BCUT2D eigenvalue weighted by molar-refractivity contribution is 0.660. The normalized spacial score (nSPS) is 13.5. The van der Waals surface area contributed by atoms with Crippen LogP contribution < -0.4 is 0 Å². The van der Waals surface area contributed by atoms with E-state index < -0.39 is 0 Å². The summed E-state index contributed by atoms with van der Waals surface area (Å²) in [6, 6.07) is 67.0. The van der Waals surface area contributed by atoms with E-state index in [1.165, 1.54) is 71.3 Å². The molecule has 13 rings (SSSR count). The second-order valence-corrected chi connectivity index (χ2v) is 16.5. The van der Waals surface area contributed by atoms with Gasteiger partial charge in [-0.25, -0.2) is 0 Å². The van der Waals surface area contributed by atoms with Gasteiger partial charge in [-0.1, -0.05) is 135 Å². The summed E-state index contributed by atoms with van der Waals surface area (Å²) in [6.07, 6.45) is 0. The Morgan fingerprint density at radius 3 is 1.95 bits per heavy atom. The first-order valence-corrected chi connectivity index (χ1v) is 20.2. The molecule has 9 aromatic carbocycles. The smallest absolute Gasteiger partial charge is 0.145 e. The summed E-state index contributed by atoms with van der Waals surface area (Å²) in [6.45, 7) is 4.72. The molecule has 1 aliphatic carbocycles. The molecule has 0 unspecified atom stereocenters. The Morgan fingerprint density at radius 1 is 0.414 bits per heavy atom. The van der Waals surface area contributed by atoms with E-state index in [-0.39, 0.29) is 5.41 Å². The highest BCUT2D eigenvalue weighted by Crippen LogP contribution is 2.51. The van der Waals surface area contributed by atoms with Crippen LogP contribution in [-0.2, 0) is 5.41 Å². The van der Waals surface area contributed by atoms with E-state index in [2.05, 4.69) is 205 Å². The first kappa shape index (κ1) is 31.8. The molecular formula is C55H36N2O. The number of aromatic nitrogens is 2. The molecule has 0 atom stereocenters. The minimum absolute atomic E-state index is 0.125. The largest absolute Gasteiger partial charge is 0.455 e. The third-order valence-electron chi connectivity index (χ3n) is 13.1. The minimum atomic E-state index is -0.125. The van der Waals surface area contributed by atoms with Gasteiger partial charge >= 0.3 is 0 Å². The fraction of sp³-hybridized carbons (Fsp3) is 0.0545. The van der Waals surface area contributed by atoms with Crippen molar-refractivity contribution in [2.75, 3.05) is 0 Å². The number of hydrogen-bond acceptors (Lipinski definition) is 1. The first-order valence-electron chi connectivity index (χ1n) is 20.2. The molecule has 272 valence electrons. The molecule has 0 amide bonds. The Hall–Kier alpha value is -7.36. The molecular weight excluding hydrogens is 705 g/mol. The van der Waals surface area contributed by atoms with Crippen molar-refractivity contribution in [2.24, 2.45) is 0 Å². The van der Waals surface area contributed by atoms with Crippen LogP contribution in [0.5, 0.6) is 0 Å². The van der Waals surface area contributed by atoms with Crippen LogP contribution in [0.25, 0.3) is 110 Å². The highest BCUT2D eigenvalue weighted by atomic mass is 16.3. The van der Waals surface area contributed by atoms with E-state index in [1.807, 2.05) is 0 Å². The molecule has 0 radical (unpaired) electrons. The summed E-state index contributed by atoms with van der Waals surface area (Å²) in [4.78, 5) is 0. The zero-order valence-electron chi connectivity index (χ0n) is 32.1. The predicted octanol–water partition coefficient (Wildman–Crippen LogP) is 14.9. The number of nitrogens with zero attached hydrogens (tertiary/aromatic N) is 2. The van der Waals surface area contributed by atoms with Crippen LogP contribution in [0.4, 0.5) is 0 Å². The molecule has 0 aliphatic heterocycles. The maximum absolute atomic E-state index is 6.86. The topological polar surface area (TPSA) is 23.0 Å². The molecule has 0 spiro atoms. The zero-order chi connectivity index (χ0) is 38.3. The summed E-state index contributed by atoms with van der Waals surface area (Å²) in [5, 5.41) is 9.52. The van der Waals surface area contributed by atoms with Crippen molar-refractivity contribution < 1.29 is 4.42 Å². The number of para-hydroxylation sites is 3. The van der Waals surface area contributed by atoms with Gasteiger partial charge in [-0.2, -0.15) is 0 Å². The van der Waals surface area contributed by atoms with Gasteiger partial charge < -0.3 is 13.6 Å². The Balaban J connectivity index is 1.13. The van der Waals surface area contributed by atoms with Crippen LogP contribution in [0, 0.1) is 0 Å². The second kappa shape index (κ2) is 11.4. The molecule has 1 aliphatic rings. The Morgan fingerprint density at radius 2 is 1.07 bits per heavy atom. The highest BCUT2D eigenvalue weighted by molar-refractivity contribution is 6.27. The van der Waals surface area contributed by atoms with Gasteiger partial charge in [-0.15, -0.1) is 0 Å². The van der Waals surface area contributed by atoms with Crippen LogP contribution in [0.1, 0.15) is 25.0 Å². The molecule has 12 aromatic rings. The van der Waals surface area contributed by atoms with Crippen LogP contribution in [0.2, 0.25) is 0 Å². The molecule has 0 saturated heterocycles. The average molecular weight is 741 g/mol. The van der Waals surface area contributed by atoms with E-state index in [4.69, 9.17) is 4.42 Å². The Kier molecular flexibility index (Phi) is 6.23. The van der Waals surface area contributed by atoms with Crippen molar-refractivity contribution in [1.82, 2.24) is 9.13 Å². The van der Waals surface area contributed by atoms with Gasteiger partial charge in [0.25, 0.3) is 0 Å². The van der Waals surface area contributed by atoms with Gasteiger partial charge in [-0.05, 0) is 99.3 Å². The third-order valence-corrected chi connectivity index (χ3v) is 13.1. The first-order chi connectivity index (χ1) is 28.5. The van der Waals surface area contributed by atoms with Crippen LogP contribution >= 0.6 is 0 Å². The molecule has 0 saturated carbocycles. The molecule has 3 aromatic heterocycles. The molecule has 0 fully saturated rings. The number of furan rings is 1. The van der Waals surface area contributed by atoms with E-state index in [1.54, 1.807) is 0 Å². The lowest BCUT2D eigenvalue weighted by Crippen LogP contribution is -2.15. The standard InChI is InChI=1S/C55H36N2O/c1-55(2)46-19-9-5-15-38(46)39-27-26-37(31-47(39)55)57-49-21-11-7-18-42(49)52-53(57)43(32-45-41-17-8-12-22-51(41)58-54(45)52)35-24-28-50-44(30-35)40-16-6-10-20-48(40)56(50)36-25-23-33-13-3-4-14-34(33)29-36/h3-32H,1-2H3. The molecule has 58 heavy (non-hydrogen) atoms. The van der Waals surface area contributed by atoms with Crippen molar-refractivity contribution in [2.45, 2.75) is 19.3 Å². The Bertz CT molecular complexity index is 3720. The van der Waals surface area contributed by atoms with Crippen LogP contribution in [0.15, 0.2) is 186 Å². The van der Waals surface area contributed by atoms with Crippen molar-refractivity contribution in [3.8, 4) is 33.6 Å². The minimum Gasteiger partial charge on any atom is -0.455 e. The fourth-order valence-corrected chi connectivity index (χ4v) is 10.4. The second-order valence-electron chi connectivity index (χ2n) is 16.5. The van der Waals surface area contributed by atoms with Gasteiger partial charge in [0.05, 0.1) is 27.5 Å². The zero-order valence-corrected chi connectivity index (χ0v) is 32.1. The average Bonchev–Trinajstić information content (AvgIpc) is 3.98. The van der Waals surface area contributed by atoms with Crippen molar-refractivity contribution in [1.29, 1.82) is 0 Å². The van der Waals surface area contributed by atoms with Crippen LogP contribution in [-0.4, -0.2) is 9.13 Å². The molecule has 0 N–H and O–H groups in total. The summed E-state index contributed by atoms with van der Waals surface area (Å²) in [5.41, 5.74) is 16.4. The third kappa shape index (κ3) is 4.17. The molecule has 0 bridgehead atoms. The van der Waals surface area contributed by atoms with E-state index in [9.17, 15) is 0 Å². The lowest BCUT2D eigenvalue weighted by Gasteiger charge is -2.22. The quantitative estimate of drug-likeness (QED) is 0.177. The van der Waals surface area contributed by atoms with E-state index in [0.29, 0.717) is 0 Å². The molecule has 3 heteroatoms. The summed E-state index contributed by atoms with van der Waals surface area (Å²) < 4.78 is 11.8. The van der Waals surface area contributed by atoms with Crippen molar-refractivity contribution in [3.05, 3.63) is 193 Å². The maximum atomic E-state index is 6.86. The lowest BCUT2D eigenvalue weighted by atomic mass is 9.82. The molecule has 3 heterocycles. The number of hydrogen-bond donors (Lipinski definition) is 0. The van der Waals surface area contributed by atoms with Gasteiger partial charge in [-0.3, -0.25) is 0 Å². The number of benzene rings is 9. The summed E-state index contributed by atoms with van der Waals surface area (Å²) >= 11 is 0. The molecule has 3 nitrogen and oxygen atoms in total. The van der Waals surface area contributed by atoms with E-state index >= 15 is 0 Å². The SMILES string of the molecule is CC1(C)c2ccccc2-c2ccc(-n3c4ccccc4c4c5oc6ccccc6c5cc(-c5ccc6c(c5)c5ccccc5n6-c5ccc6ccccc6c5)c43)cc21. The monoisotopic (exact) mass is 740 g/mol. The van der Waals surface area contributed by atoms with Gasteiger partial charge in [0.1, 0.15) is 11.2 Å². The highest BCUT2D eigenvalue weighted by Gasteiger charge is 2.35. The van der Waals surface area contributed by atoms with Crippen molar-refractivity contribution >= 4 is 76.3 Å². The Labute approximate surface area is 334 Å². The van der Waals surface area contributed by atoms with E-state index in [0.717, 1.165) is 49.7 Å². The predicted molar refractivity (Wildman–Crippen MR) is 243 cm³/mol. The maximum Gasteiger partial charge on any atom is 0.145 e. The van der Waals surface area contributed by atoms with Crippen molar-refractivity contribution in [3.63, 3.8) is 0 Å². The number of fused-ring (bicyclic) bond motifs is 14. The fourth-order valence-electron chi connectivity index (χ4n) is 10.4. The van der Waals surface area contributed by atoms with Gasteiger partial charge in [0.2, 0.25) is 0 Å². The van der Waals surface area contributed by atoms with Gasteiger partial charge in [0, 0.05) is 49.3 Å². The summed E-state index contributed by atoms with van der Waals surface area (Å²) in [7, 11) is 0. The number of rotatable bonds is 3. The van der Waals surface area contributed by atoms with Crippen LogP contribution in [0.3, 0.4) is 0 Å². The van der Waals surface area contributed by atoms with Gasteiger partial charge in [0.15, 0.2) is 0 Å². The summed E-state index contributed by atoms with van der Waals surface area (Å²) in [5.74, 6) is 0.